The number of anilines is 2. The SMILES string of the molecule is CCOc1ncnc(NCC(C)(C)CCCO)c1N. The maximum Gasteiger partial charge on any atom is 0.242 e. The Bertz CT molecular complexity index is 396. The minimum absolute atomic E-state index is 0.0614. The fraction of sp³-hybridized carbons (Fsp3) is 0.692. The summed E-state index contributed by atoms with van der Waals surface area (Å²) < 4.78 is 5.32. The summed E-state index contributed by atoms with van der Waals surface area (Å²) in [4.78, 5) is 8.12. The van der Waals surface area contributed by atoms with E-state index in [1.54, 1.807) is 0 Å². The maximum absolute atomic E-state index is 8.88. The zero-order valence-electron chi connectivity index (χ0n) is 11.9. The Morgan fingerprint density at radius 2 is 2.16 bits per heavy atom. The third kappa shape index (κ3) is 4.90. The molecule has 0 fully saturated rings. The Kier molecular flexibility index (Phi) is 5.82. The molecule has 1 aromatic heterocycles. The van der Waals surface area contributed by atoms with Crippen LogP contribution < -0.4 is 15.8 Å². The molecule has 0 aliphatic rings. The first-order chi connectivity index (χ1) is 9.00. The minimum atomic E-state index is 0.0614. The summed E-state index contributed by atoms with van der Waals surface area (Å²) >= 11 is 0. The summed E-state index contributed by atoms with van der Waals surface area (Å²) in [6, 6.07) is 0. The van der Waals surface area contributed by atoms with Crippen LogP contribution in [0.15, 0.2) is 6.33 Å². The average Bonchev–Trinajstić information content (AvgIpc) is 2.38. The molecule has 4 N–H and O–H groups in total. The van der Waals surface area contributed by atoms with E-state index >= 15 is 0 Å². The molecule has 0 saturated carbocycles. The van der Waals surface area contributed by atoms with Gasteiger partial charge in [-0.15, -0.1) is 0 Å². The van der Waals surface area contributed by atoms with Crippen LogP contribution in [0, 0.1) is 5.41 Å². The van der Waals surface area contributed by atoms with Crippen molar-refractivity contribution < 1.29 is 9.84 Å². The van der Waals surface area contributed by atoms with E-state index in [1.165, 1.54) is 6.33 Å². The second-order valence-electron chi connectivity index (χ2n) is 5.22. The number of aromatic nitrogens is 2. The fourth-order valence-electron chi connectivity index (χ4n) is 1.74. The molecule has 0 amide bonds. The number of hydrogen-bond donors (Lipinski definition) is 3. The summed E-state index contributed by atoms with van der Waals surface area (Å²) in [5.41, 5.74) is 6.44. The standard InChI is InChI=1S/C13H24N4O2/c1-4-19-12-10(14)11(16-9-17-12)15-8-13(2,3)6-5-7-18/h9,18H,4-8,14H2,1-3H3,(H,15,16,17). The molecule has 0 spiro atoms. The Morgan fingerprint density at radius 1 is 1.42 bits per heavy atom. The number of nitrogens with zero attached hydrogens (tertiary/aromatic N) is 2. The van der Waals surface area contributed by atoms with E-state index in [0.717, 1.165) is 19.4 Å². The number of aliphatic hydroxyl groups excluding tert-OH is 1. The largest absolute Gasteiger partial charge is 0.476 e. The van der Waals surface area contributed by atoms with Crippen molar-refractivity contribution in [3.63, 3.8) is 0 Å². The molecule has 0 bridgehead atoms. The smallest absolute Gasteiger partial charge is 0.242 e. The van der Waals surface area contributed by atoms with Crippen LogP contribution in [0.3, 0.4) is 0 Å². The van der Waals surface area contributed by atoms with Crippen molar-refractivity contribution in [3.8, 4) is 5.88 Å². The van der Waals surface area contributed by atoms with Gasteiger partial charge in [0.2, 0.25) is 5.88 Å². The number of nitrogen functional groups attached to an aromatic ring is 1. The van der Waals surface area contributed by atoms with E-state index in [1.807, 2.05) is 6.92 Å². The van der Waals surface area contributed by atoms with Crippen molar-refractivity contribution in [3.05, 3.63) is 6.33 Å². The molecule has 1 heterocycles. The maximum atomic E-state index is 8.88. The molecule has 19 heavy (non-hydrogen) atoms. The van der Waals surface area contributed by atoms with Crippen molar-refractivity contribution >= 4 is 11.5 Å². The lowest BCUT2D eigenvalue weighted by Crippen LogP contribution is -2.24. The topological polar surface area (TPSA) is 93.3 Å². The lowest BCUT2D eigenvalue weighted by atomic mass is 9.88. The van der Waals surface area contributed by atoms with Crippen LogP contribution in [0.5, 0.6) is 5.88 Å². The third-order valence-electron chi connectivity index (χ3n) is 2.87. The Morgan fingerprint density at radius 3 is 2.79 bits per heavy atom. The van der Waals surface area contributed by atoms with Crippen molar-refractivity contribution in [1.82, 2.24) is 9.97 Å². The van der Waals surface area contributed by atoms with Gasteiger partial charge in [-0.25, -0.2) is 4.98 Å². The van der Waals surface area contributed by atoms with Crippen LogP contribution in [0.2, 0.25) is 0 Å². The van der Waals surface area contributed by atoms with E-state index in [2.05, 4.69) is 29.1 Å². The van der Waals surface area contributed by atoms with E-state index in [4.69, 9.17) is 15.6 Å². The number of ether oxygens (including phenoxy) is 1. The average molecular weight is 268 g/mol. The van der Waals surface area contributed by atoms with Gasteiger partial charge in [-0.3, -0.25) is 0 Å². The van der Waals surface area contributed by atoms with Gasteiger partial charge in [0, 0.05) is 13.2 Å². The van der Waals surface area contributed by atoms with Crippen LogP contribution in [0.4, 0.5) is 11.5 Å². The second-order valence-corrected chi connectivity index (χ2v) is 5.22. The van der Waals surface area contributed by atoms with Gasteiger partial charge >= 0.3 is 0 Å². The molecule has 0 unspecified atom stereocenters. The highest BCUT2D eigenvalue weighted by Gasteiger charge is 2.18. The van der Waals surface area contributed by atoms with Crippen LogP contribution >= 0.6 is 0 Å². The van der Waals surface area contributed by atoms with E-state index in [9.17, 15) is 0 Å². The summed E-state index contributed by atoms with van der Waals surface area (Å²) in [7, 11) is 0. The number of nitrogens with two attached hydrogens (primary N) is 1. The van der Waals surface area contributed by atoms with E-state index < -0.39 is 0 Å². The van der Waals surface area contributed by atoms with Crippen LogP contribution in [0.1, 0.15) is 33.6 Å². The lowest BCUT2D eigenvalue weighted by Gasteiger charge is -2.25. The first-order valence-electron chi connectivity index (χ1n) is 6.58. The second kappa shape index (κ2) is 7.13. The molecule has 0 aromatic carbocycles. The predicted molar refractivity (Wildman–Crippen MR) is 76.2 cm³/mol. The molecule has 1 rings (SSSR count). The normalized spacial score (nSPS) is 11.4. The van der Waals surface area contributed by atoms with Crippen molar-refractivity contribution in [2.24, 2.45) is 5.41 Å². The molecule has 0 radical (unpaired) electrons. The monoisotopic (exact) mass is 268 g/mol. The highest BCUT2D eigenvalue weighted by atomic mass is 16.5. The lowest BCUT2D eigenvalue weighted by molar-refractivity contribution is 0.248. The zero-order chi connectivity index (χ0) is 14.3. The highest BCUT2D eigenvalue weighted by molar-refractivity contribution is 5.66. The van der Waals surface area contributed by atoms with Crippen molar-refractivity contribution in [2.75, 3.05) is 30.8 Å². The highest BCUT2D eigenvalue weighted by Crippen LogP contribution is 2.27. The first-order valence-corrected chi connectivity index (χ1v) is 6.58. The molecule has 6 heteroatoms. The summed E-state index contributed by atoms with van der Waals surface area (Å²) in [5, 5.41) is 12.1. The Labute approximate surface area is 114 Å². The third-order valence-corrected chi connectivity index (χ3v) is 2.87. The number of hydrogen-bond acceptors (Lipinski definition) is 6. The van der Waals surface area contributed by atoms with Crippen LogP contribution in [0.25, 0.3) is 0 Å². The number of aliphatic hydroxyl groups is 1. The van der Waals surface area contributed by atoms with Gasteiger partial charge in [0.15, 0.2) is 5.82 Å². The number of rotatable bonds is 8. The quantitative estimate of drug-likeness (QED) is 0.664. The van der Waals surface area contributed by atoms with Crippen molar-refractivity contribution in [2.45, 2.75) is 33.6 Å². The first kappa shape index (κ1) is 15.5. The molecule has 0 aliphatic carbocycles. The van der Waals surface area contributed by atoms with Crippen LogP contribution in [-0.4, -0.2) is 34.8 Å². The molecule has 108 valence electrons. The molecule has 0 atom stereocenters. The summed E-state index contributed by atoms with van der Waals surface area (Å²) in [6.45, 7) is 7.61. The Hall–Kier alpha value is -1.56. The van der Waals surface area contributed by atoms with Gasteiger partial charge in [0.05, 0.1) is 6.61 Å². The molecule has 1 aromatic rings. The van der Waals surface area contributed by atoms with Gasteiger partial charge < -0.3 is 20.9 Å². The van der Waals surface area contributed by atoms with E-state index in [0.29, 0.717) is 24.0 Å². The molecule has 0 aliphatic heterocycles. The van der Waals surface area contributed by atoms with E-state index in [-0.39, 0.29) is 12.0 Å². The minimum Gasteiger partial charge on any atom is -0.476 e. The number of nitrogens with one attached hydrogen (secondary N) is 1. The van der Waals surface area contributed by atoms with Gasteiger partial charge in [-0.2, -0.15) is 4.98 Å². The fourth-order valence-corrected chi connectivity index (χ4v) is 1.74. The molecular weight excluding hydrogens is 244 g/mol. The van der Waals surface area contributed by atoms with Gasteiger partial charge in [0.1, 0.15) is 12.0 Å². The van der Waals surface area contributed by atoms with Gasteiger partial charge in [-0.1, -0.05) is 13.8 Å². The summed E-state index contributed by atoms with van der Waals surface area (Å²) in [6.07, 6.45) is 3.16. The van der Waals surface area contributed by atoms with Gasteiger partial charge in [-0.05, 0) is 25.2 Å². The Balaban J connectivity index is 2.64. The van der Waals surface area contributed by atoms with Crippen molar-refractivity contribution in [1.29, 1.82) is 0 Å². The zero-order valence-corrected chi connectivity index (χ0v) is 11.9. The summed E-state index contributed by atoms with van der Waals surface area (Å²) in [5.74, 6) is 1.00. The van der Waals surface area contributed by atoms with Gasteiger partial charge in [0.25, 0.3) is 0 Å². The van der Waals surface area contributed by atoms with Crippen LogP contribution in [-0.2, 0) is 0 Å². The molecule has 6 nitrogen and oxygen atoms in total. The molecular formula is C13H24N4O2. The predicted octanol–water partition coefficient (Wildman–Crippen LogP) is 1.67. The molecule has 0 saturated heterocycles.